The summed E-state index contributed by atoms with van der Waals surface area (Å²) in [7, 11) is 0. The van der Waals surface area contributed by atoms with Crippen molar-refractivity contribution in [3.63, 3.8) is 0 Å². The zero-order chi connectivity index (χ0) is 19.4. The molecule has 1 fully saturated rings. The van der Waals surface area contributed by atoms with Crippen LogP contribution in [0.25, 0.3) is 0 Å². The smallest absolute Gasteiger partial charge is 0.149 e. The number of halogens is 3. The summed E-state index contributed by atoms with van der Waals surface area (Å²) in [4.78, 5) is 1.75. The van der Waals surface area contributed by atoms with E-state index >= 15 is 0 Å². The molecule has 0 atom stereocenters. The SMILES string of the molecule is Cc1cc(F)c(N2CCC(COc3ccc(F)cc3CCO)CC2)c(F)c1. The van der Waals surface area contributed by atoms with Gasteiger partial charge in [-0.2, -0.15) is 0 Å². The topological polar surface area (TPSA) is 32.7 Å². The lowest BCUT2D eigenvalue weighted by Crippen LogP contribution is -2.36. The minimum atomic E-state index is -0.526. The van der Waals surface area contributed by atoms with E-state index in [4.69, 9.17) is 9.84 Å². The Morgan fingerprint density at radius 3 is 2.37 bits per heavy atom. The van der Waals surface area contributed by atoms with Crippen molar-refractivity contribution in [3.05, 3.63) is 58.9 Å². The summed E-state index contributed by atoms with van der Waals surface area (Å²) in [5.41, 5.74) is 1.25. The van der Waals surface area contributed by atoms with Gasteiger partial charge in [0, 0.05) is 19.7 Å². The lowest BCUT2D eigenvalue weighted by molar-refractivity contribution is 0.219. The first kappa shape index (κ1) is 19.5. The molecule has 0 saturated carbocycles. The van der Waals surface area contributed by atoms with E-state index < -0.39 is 11.6 Å². The molecule has 3 rings (SSSR count). The first-order valence-electron chi connectivity index (χ1n) is 9.20. The lowest BCUT2D eigenvalue weighted by Gasteiger charge is -2.34. The summed E-state index contributed by atoms with van der Waals surface area (Å²) in [6.07, 6.45) is 1.84. The summed E-state index contributed by atoms with van der Waals surface area (Å²) in [5, 5.41) is 9.11. The molecule has 0 bridgehead atoms. The molecular weight excluding hydrogens is 355 g/mol. The van der Waals surface area contributed by atoms with E-state index in [0.29, 0.717) is 43.0 Å². The molecule has 1 aliphatic heterocycles. The lowest BCUT2D eigenvalue weighted by atomic mass is 9.97. The van der Waals surface area contributed by atoms with Gasteiger partial charge in [0.25, 0.3) is 0 Å². The van der Waals surface area contributed by atoms with Crippen LogP contribution < -0.4 is 9.64 Å². The number of rotatable bonds is 6. The fourth-order valence-electron chi connectivity index (χ4n) is 3.53. The summed E-state index contributed by atoms with van der Waals surface area (Å²) >= 11 is 0. The molecule has 3 nitrogen and oxygen atoms in total. The number of benzene rings is 2. The number of hydrogen-bond acceptors (Lipinski definition) is 3. The fourth-order valence-corrected chi connectivity index (χ4v) is 3.53. The van der Waals surface area contributed by atoms with Crippen LogP contribution in [0, 0.1) is 30.3 Å². The third kappa shape index (κ3) is 4.75. The van der Waals surface area contributed by atoms with Gasteiger partial charge in [-0.05, 0) is 73.6 Å². The predicted octanol–water partition coefficient (Wildman–Crippen LogP) is 4.24. The van der Waals surface area contributed by atoms with Gasteiger partial charge < -0.3 is 14.7 Å². The Labute approximate surface area is 157 Å². The van der Waals surface area contributed by atoms with E-state index in [1.807, 2.05) is 0 Å². The quantitative estimate of drug-likeness (QED) is 0.815. The van der Waals surface area contributed by atoms with Gasteiger partial charge in [0.05, 0.1) is 6.61 Å². The van der Waals surface area contributed by atoms with E-state index in [-0.39, 0.29) is 24.0 Å². The Morgan fingerprint density at radius 2 is 1.74 bits per heavy atom. The number of nitrogens with zero attached hydrogens (tertiary/aromatic N) is 1. The van der Waals surface area contributed by atoms with Crippen LogP contribution in [0.1, 0.15) is 24.0 Å². The molecule has 27 heavy (non-hydrogen) atoms. The van der Waals surface area contributed by atoms with Crippen LogP contribution in [0.15, 0.2) is 30.3 Å². The van der Waals surface area contributed by atoms with Gasteiger partial charge in [-0.15, -0.1) is 0 Å². The maximum absolute atomic E-state index is 14.2. The van der Waals surface area contributed by atoms with Gasteiger partial charge >= 0.3 is 0 Å². The zero-order valence-corrected chi connectivity index (χ0v) is 15.4. The molecule has 0 spiro atoms. The second-order valence-electron chi connectivity index (χ2n) is 7.04. The number of aliphatic hydroxyl groups excluding tert-OH is 1. The molecule has 146 valence electrons. The molecule has 0 radical (unpaired) electrons. The van der Waals surface area contributed by atoms with Crippen molar-refractivity contribution in [2.24, 2.45) is 5.92 Å². The number of piperidine rings is 1. The maximum Gasteiger partial charge on any atom is 0.149 e. The third-order valence-electron chi connectivity index (χ3n) is 4.97. The third-order valence-corrected chi connectivity index (χ3v) is 4.97. The molecule has 1 aliphatic rings. The number of ether oxygens (including phenoxy) is 1. The monoisotopic (exact) mass is 379 g/mol. The number of anilines is 1. The van der Waals surface area contributed by atoms with Gasteiger partial charge in [0.1, 0.15) is 28.9 Å². The van der Waals surface area contributed by atoms with Crippen molar-refractivity contribution in [1.82, 2.24) is 0 Å². The highest BCUT2D eigenvalue weighted by molar-refractivity contribution is 5.51. The van der Waals surface area contributed by atoms with E-state index in [1.54, 1.807) is 17.9 Å². The average Bonchev–Trinajstić information content (AvgIpc) is 2.61. The Hall–Kier alpha value is -2.21. The molecule has 2 aromatic rings. The van der Waals surface area contributed by atoms with Crippen molar-refractivity contribution in [1.29, 1.82) is 0 Å². The summed E-state index contributed by atoms with van der Waals surface area (Å²) in [6, 6.07) is 6.99. The molecule has 1 heterocycles. The van der Waals surface area contributed by atoms with Crippen LogP contribution in [0.2, 0.25) is 0 Å². The van der Waals surface area contributed by atoms with Crippen LogP contribution in [-0.2, 0) is 6.42 Å². The first-order chi connectivity index (χ1) is 13.0. The summed E-state index contributed by atoms with van der Waals surface area (Å²) in [6.45, 7) is 3.15. The van der Waals surface area contributed by atoms with Crippen LogP contribution >= 0.6 is 0 Å². The highest BCUT2D eigenvalue weighted by Gasteiger charge is 2.24. The van der Waals surface area contributed by atoms with E-state index in [1.165, 1.54) is 24.3 Å². The number of aryl methyl sites for hydroxylation is 1. The Morgan fingerprint density at radius 1 is 1.07 bits per heavy atom. The summed E-state index contributed by atoms with van der Waals surface area (Å²) in [5.74, 6) is -0.584. The highest BCUT2D eigenvalue weighted by atomic mass is 19.1. The summed E-state index contributed by atoms with van der Waals surface area (Å²) < 4.78 is 47.5. The van der Waals surface area contributed by atoms with Crippen LogP contribution in [0.4, 0.5) is 18.9 Å². The largest absolute Gasteiger partial charge is 0.493 e. The van der Waals surface area contributed by atoms with Crippen LogP contribution in [0.5, 0.6) is 5.75 Å². The first-order valence-corrected chi connectivity index (χ1v) is 9.20. The molecule has 2 aromatic carbocycles. The molecular formula is C21H24F3NO2. The highest BCUT2D eigenvalue weighted by Crippen LogP contribution is 2.30. The van der Waals surface area contributed by atoms with Gasteiger partial charge in [-0.25, -0.2) is 13.2 Å². The van der Waals surface area contributed by atoms with E-state index in [9.17, 15) is 13.2 Å². The zero-order valence-electron chi connectivity index (χ0n) is 15.4. The van der Waals surface area contributed by atoms with Gasteiger partial charge in [-0.1, -0.05) is 0 Å². The Bertz CT molecular complexity index is 766. The van der Waals surface area contributed by atoms with Crippen molar-refractivity contribution < 1.29 is 23.0 Å². The van der Waals surface area contributed by atoms with Crippen LogP contribution in [-0.4, -0.2) is 31.4 Å². The standard InChI is InChI=1S/C21H24F3NO2/c1-14-10-18(23)21(19(24)11-14)25-7-4-15(5-8-25)13-27-20-3-2-17(22)12-16(20)6-9-26/h2-3,10-12,15,26H,4-9,13H2,1H3. The number of aliphatic hydroxyl groups is 1. The minimum absolute atomic E-state index is 0.0451. The minimum Gasteiger partial charge on any atom is -0.493 e. The van der Waals surface area contributed by atoms with Gasteiger partial charge in [0.2, 0.25) is 0 Å². The Kier molecular flexibility index (Phi) is 6.26. The van der Waals surface area contributed by atoms with Crippen molar-refractivity contribution in [2.75, 3.05) is 31.2 Å². The second-order valence-corrected chi connectivity index (χ2v) is 7.04. The second kappa shape index (κ2) is 8.65. The Balaban J connectivity index is 1.58. The molecule has 6 heteroatoms. The fraction of sp³-hybridized carbons (Fsp3) is 0.429. The molecule has 0 amide bonds. The van der Waals surface area contributed by atoms with E-state index in [2.05, 4.69) is 0 Å². The van der Waals surface area contributed by atoms with Gasteiger partial charge in [0.15, 0.2) is 0 Å². The normalized spacial score (nSPS) is 15.2. The van der Waals surface area contributed by atoms with E-state index in [0.717, 1.165) is 12.8 Å². The predicted molar refractivity (Wildman–Crippen MR) is 98.7 cm³/mol. The molecule has 1 N–H and O–H groups in total. The number of hydrogen-bond donors (Lipinski definition) is 1. The molecule has 0 aromatic heterocycles. The van der Waals surface area contributed by atoms with Crippen molar-refractivity contribution in [3.8, 4) is 5.75 Å². The van der Waals surface area contributed by atoms with Crippen LogP contribution in [0.3, 0.4) is 0 Å². The molecule has 1 saturated heterocycles. The molecule has 0 aliphatic carbocycles. The maximum atomic E-state index is 14.2. The molecule has 0 unspecified atom stereocenters. The van der Waals surface area contributed by atoms with Crippen molar-refractivity contribution >= 4 is 5.69 Å². The average molecular weight is 379 g/mol. The van der Waals surface area contributed by atoms with Crippen molar-refractivity contribution in [2.45, 2.75) is 26.2 Å². The van der Waals surface area contributed by atoms with Gasteiger partial charge in [-0.3, -0.25) is 0 Å².